The van der Waals surface area contributed by atoms with Gasteiger partial charge < -0.3 is 10.1 Å². The van der Waals surface area contributed by atoms with Crippen molar-refractivity contribution < 1.29 is 9.13 Å². The van der Waals surface area contributed by atoms with E-state index in [-0.39, 0.29) is 5.82 Å². The van der Waals surface area contributed by atoms with Gasteiger partial charge in [0.15, 0.2) is 0 Å². The largest absolute Gasteiger partial charge is 0.492 e. The van der Waals surface area contributed by atoms with E-state index in [0.717, 1.165) is 17.9 Å². The maximum absolute atomic E-state index is 13.0. The molecule has 0 saturated heterocycles. The molecule has 20 heavy (non-hydrogen) atoms. The smallest absolute Gasteiger partial charge is 0.125 e. The molecule has 3 rings (SSSR count). The molecule has 0 radical (unpaired) electrons. The van der Waals surface area contributed by atoms with Crippen LogP contribution in [0.5, 0.6) is 5.75 Å². The minimum absolute atomic E-state index is 0.227. The molecule has 3 heteroatoms. The van der Waals surface area contributed by atoms with Crippen LogP contribution in [0.2, 0.25) is 0 Å². The summed E-state index contributed by atoms with van der Waals surface area (Å²) < 4.78 is 18.7. The van der Waals surface area contributed by atoms with Gasteiger partial charge in [-0.3, -0.25) is 0 Å². The first kappa shape index (κ1) is 13.0. The van der Waals surface area contributed by atoms with Crippen LogP contribution in [0.4, 0.5) is 10.1 Å². The maximum atomic E-state index is 13.0. The van der Waals surface area contributed by atoms with Gasteiger partial charge in [-0.15, -0.1) is 0 Å². The molecule has 2 aromatic carbocycles. The van der Waals surface area contributed by atoms with Crippen LogP contribution in [0.15, 0.2) is 42.5 Å². The average Bonchev–Trinajstić information content (AvgIpc) is 2.91. The molecule has 0 saturated carbocycles. The first-order valence-corrected chi connectivity index (χ1v) is 7.05. The summed E-state index contributed by atoms with van der Waals surface area (Å²) >= 11 is 0. The number of hydrogen-bond donors (Lipinski definition) is 1. The van der Waals surface area contributed by atoms with Gasteiger partial charge in [-0.1, -0.05) is 12.1 Å². The highest BCUT2D eigenvalue weighted by atomic mass is 19.1. The van der Waals surface area contributed by atoms with Gasteiger partial charge in [-0.25, -0.2) is 4.39 Å². The predicted octanol–water partition coefficient (Wildman–Crippen LogP) is 3.81. The van der Waals surface area contributed by atoms with E-state index in [0.29, 0.717) is 13.2 Å². The Morgan fingerprint density at radius 1 is 1.05 bits per heavy atom. The summed E-state index contributed by atoms with van der Waals surface area (Å²) in [5.41, 5.74) is 3.65. The molecular weight excluding hydrogens is 253 g/mol. The van der Waals surface area contributed by atoms with Gasteiger partial charge in [0.1, 0.15) is 18.2 Å². The second-order valence-corrected chi connectivity index (χ2v) is 5.07. The molecule has 2 aromatic rings. The van der Waals surface area contributed by atoms with E-state index in [1.807, 2.05) is 12.1 Å². The molecule has 1 aliphatic rings. The topological polar surface area (TPSA) is 21.3 Å². The Hall–Kier alpha value is -2.03. The van der Waals surface area contributed by atoms with Crippen molar-refractivity contribution in [2.45, 2.75) is 19.3 Å². The van der Waals surface area contributed by atoms with Crippen LogP contribution in [0.1, 0.15) is 17.5 Å². The Morgan fingerprint density at radius 2 is 1.95 bits per heavy atom. The highest BCUT2D eigenvalue weighted by molar-refractivity contribution is 5.43. The first-order chi connectivity index (χ1) is 9.81. The van der Waals surface area contributed by atoms with E-state index in [2.05, 4.69) is 17.4 Å². The third kappa shape index (κ3) is 3.10. The van der Waals surface area contributed by atoms with Gasteiger partial charge in [0.05, 0.1) is 0 Å². The SMILES string of the molecule is Fc1cccc(NCCOc2ccc3c(c2)CCC3)c1. The molecule has 0 heterocycles. The van der Waals surface area contributed by atoms with Crippen LogP contribution in [0.3, 0.4) is 0 Å². The third-order valence-electron chi connectivity index (χ3n) is 3.59. The molecular formula is C17H18FNO. The molecule has 0 bridgehead atoms. The van der Waals surface area contributed by atoms with Gasteiger partial charge in [-0.2, -0.15) is 0 Å². The van der Waals surface area contributed by atoms with E-state index in [1.54, 1.807) is 6.07 Å². The lowest BCUT2D eigenvalue weighted by Gasteiger charge is -2.10. The fourth-order valence-corrected chi connectivity index (χ4v) is 2.60. The van der Waals surface area contributed by atoms with E-state index in [1.165, 1.54) is 36.1 Å². The molecule has 0 atom stereocenters. The number of aryl methyl sites for hydroxylation is 2. The lowest BCUT2D eigenvalue weighted by molar-refractivity contribution is 0.332. The zero-order valence-electron chi connectivity index (χ0n) is 11.4. The van der Waals surface area contributed by atoms with Crippen LogP contribution in [0, 0.1) is 5.82 Å². The second-order valence-electron chi connectivity index (χ2n) is 5.07. The van der Waals surface area contributed by atoms with Crippen molar-refractivity contribution in [1.82, 2.24) is 0 Å². The van der Waals surface area contributed by atoms with E-state index in [4.69, 9.17) is 4.74 Å². The summed E-state index contributed by atoms with van der Waals surface area (Å²) in [5.74, 6) is 0.696. The van der Waals surface area contributed by atoms with Crippen molar-refractivity contribution in [1.29, 1.82) is 0 Å². The highest BCUT2D eigenvalue weighted by Crippen LogP contribution is 2.25. The fourth-order valence-electron chi connectivity index (χ4n) is 2.60. The standard InChI is InChI=1S/C17H18FNO/c18-15-5-2-6-16(12-15)19-9-10-20-17-8-7-13-3-1-4-14(13)11-17/h2,5-8,11-12,19H,1,3-4,9-10H2. The number of halogens is 1. The Balaban J connectivity index is 1.48. The quantitative estimate of drug-likeness (QED) is 0.835. The summed E-state index contributed by atoms with van der Waals surface area (Å²) in [7, 11) is 0. The average molecular weight is 271 g/mol. The van der Waals surface area contributed by atoms with Gasteiger partial charge in [-0.05, 0) is 60.7 Å². The summed E-state index contributed by atoms with van der Waals surface area (Å²) in [5, 5.41) is 3.14. The monoisotopic (exact) mass is 271 g/mol. The maximum Gasteiger partial charge on any atom is 0.125 e. The van der Waals surface area contributed by atoms with Crippen LogP contribution in [-0.4, -0.2) is 13.2 Å². The summed E-state index contributed by atoms with van der Waals surface area (Å²) in [6.07, 6.45) is 3.60. The second kappa shape index (κ2) is 5.95. The molecule has 0 fully saturated rings. The van der Waals surface area contributed by atoms with Crippen molar-refractivity contribution in [3.8, 4) is 5.75 Å². The van der Waals surface area contributed by atoms with Gasteiger partial charge >= 0.3 is 0 Å². The van der Waals surface area contributed by atoms with E-state index in [9.17, 15) is 4.39 Å². The number of ether oxygens (including phenoxy) is 1. The minimum atomic E-state index is -0.227. The first-order valence-electron chi connectivity index (χ1n) is 7.05. The van der Waals surface area contributed by atoms with Crippen molar-refractivity contribution in [2.75, 3.05) is 18.5 Å². The van der Waals surface area contributed by atoms with Gasteiger partial charge in [0, 0.05) is 12.2 Å². The summed E-state index contributed by atoms with van der Waals surface area (Å²) in [4.78, 5) is 0. The van der Waals surface area contributed by atoms with Crippen molar-refractivity contribution in [3.05, 3.63) is 59.4 Å². The van der Waals surface area contributed by atoms with E-state index < -0.39 is 0 Å². The van der Waals surface area contributed by atoms with Gasteiger partial charge in [0.2, 0.25) is 0 Å². The van der Waals surface area contributed by atoms with Crippen molar-refractivity contribution >= 4 is 5.69 Å². The minimum Gasteiger partial charge on any atom is -0.492 e. The molecule has 0 spiro atoms. The molecule has 0 unspecified atom stereocenters. The van der Waals surface area contributed by atoms with Crippen LogP contribution in [-0.2, 0) is 12.8 Å². The molecule has 1 N–H and O–H groups in total. The third-order valence-corrected chi connectivity index (χ3v) is 3.59. The normalized spacial score (nSPS) is 13.1. The van der Waals surface area contributed by atoms with Crippen molar-refractivity contribution in [2.24, 2.45) is 0 Å². The number of anilines is 1. The van der Waals surface area contributed by atoms with Crippen LogP contribution < -0.4 is 10.1 Å². The van der Waals surface area contributed by atoms with Gasteiger partial charge in [0.25, 0.3) is 0 Å². The number of benzene rings is 2. The molecule has 0 aromatic heterocycles. The highest BCUT2D eigenvalue weighted by Gasteiger charge is 2.10. The van der Waals surface area contributed by atoms with E-state index >= 15 is 0 Å². The number of rotatable bonds is 5. The lowest BCUT2D eigenvalue weighted by atomic mass is 10.1. The van der Waals surface area contributed by atoms with Crippen LogP contribution in [0.25, 0.3) is 0 Å². The lowest BCUT2D eigenvalue weighted by Crippen LogP contribution is -2.11. The molecule has 0 amide bonds. The molecule has 1 aliphatic carbocycles. The zero-order valence-corrected chi connectivity index (χ0v) is 11.4. The Morgan fingerprint density at radius 3 is 2.85 bits per heavy atom. The summed E-state index contributed by atoms with van der Waals surface area (Å²) in [6, 6.07) is 12.8. The molecule has 2 nitrogen and oxygen atoms in total. The Kier molecular flexibility index (Phi) is 3.86. The predicted molar refractivity (Wildman–Crippen MR) is 78.9 cm³/mol. The Bertz CT molecular complexity index is 597. The fraction of sp³-hybridized carbons (Fsp3) is 0.294. The number of nitrogens with one attached hydrogen (secondary N) is 1. The van der Waals surface area contributed by atoms with Crippen LogP contribution >= 0.6 is 0 Å². The zero-order chi connectivity index (χ0) is 13.8. The molecule has 104 valence electrons. The van der Waals surface area contributed by atoms with Crippen molar-refractivity contribution in [3.63, 3.8) is 0 Å². The summed E-state index contributed by atoms with van der Waals surface area (Å²) in [6.45, 7) is 1.22. The number of hydrogen-bond acceptors (Lipinski definition) is 2. The Labute approximate surface area is 118 Å². The number of fused-ring (bicyclic) bond motifs is 1. The molecule has 0 aliphatic heterocycles.